The molecule has 0 fully saturated rings. The van der Waals surface area contributed by atoms with Crippen molar-refractivity contribution < 1.29 is 4.79 Å². The van der Waals surface area contributed by atoms with Crippen molar-refractivity contribution in [1.82, 2.24) is 20.5 Å². The second kappa shape index (κ2) is 8.38. The Bertz CT molecular complexity index is 895. The van der Waals surface area contributed by atoms with Gasteiger partial charge in [0, 0.05) is 10.6 Å². The molecule has 1 amide bonds. The minimum Gasteiger partial charge on any atom is -0.349 e. The van der Waals surface area contributed by atoms with Crippen LogP contribution < -0.4 is 5.32 Å². The molecule has 1 aromatic heterocycles. The number of H-pyrrole nitrogens is 1. The molecule has 0 saturated heterocycles. The predicted molar refractivity (Wildman–Crippen MR) is 105 cm³/mol. The minimum atomic E-state index is -0.160. The summed E-state index contributed by atoms with van der Waals surface area (Å²) in [6.45, 7) is 3.94. The van der Waals surface area contributed by atoms with Crippen molar-refractivity contribution in [1.29, 1.82) is 0 Å². The molecule has 7 heteroatoms. The van der Waals surface area contributed by atoms with Gasteiger partial charge in [-0.3, -0.25) is 9.89 Å². The van der Waals surface area contributed by atoms with Crippen LogP contribution in [0.25, 0.3) is 11.4 Å². The molecule has 26 heavy (non-hydrogen) atoms. The van der Waals surface area contributed by atoms with E-state index in [0.717, 1.165) is 11.1 Å². The molecule has 0 bridgehead atoms. The zero-order valence-corrected chi connectivity index (χ0v) is 16.1. The zero-order valence-electron chi connectivity index (χ0n) is 14.5. The first kappa shape index (κ1) is 18.5. The minimum absolute atomic E-state index is 0.0934. The van der Waals surface area contributed by atoms with Crippen LogP contribution in [-0.4, -0.2) is 26.8 Å². The summed E-state index contributed by atoms with van der Waals surface area (Å²) in [6.07, 6.45) is 0. The van der Waals surface area contributed by atoms with Crippen LogP contribution in [0.4, 0.5) is 0 Å². The number of nitrogens with one attached hydrogen (secondary N) is 2. The van der Waals surface area contributed by atoms with Gasteiger partial charge in [-0.1, -0.05) is 71.4 Å². The van der Waals surface area contributed by atoms with Gasteiger partial charge in [-0.15, -0.1) is 5.10 Å². The van der Waals surface area contributed by atoms with E-state index >= 15 is 0 Å². The van der Waals surface area contributed by atoms with E-state index in [0.29, 0.717) is 16.0 Å². The van der Waals surface area contributed by atoms with Gasteiger partial charge in [0.1, 0.15) is 0 Å². The summed E-state index contributed by atoms with van der Waals surface area (Å²) in [5.41, 5.74) is 3.05. The number of amides is 1. The summed E-state index contributed by atoms with van der Waals surface area (Å²) < 4.78 is 0. The largest absolute Gasteiger partial charge is 0.349 e. The number of aryl methyl sites for hydroxylation is 1. The number of benzene rings is 2. The molecular weight excluding hydrogens is 368 g/mol. The number of nitrogens with zero attached hydrogens (tertiary/aromatic N) is 2. The third-order valence-corrected chi connectivity index (χ3v) is 5.06. The summed E-state index contributed by atoms with van der Waals surface area (Å²) in [5.74, 6) is 0.835. The van der Waals surface area contributed by atoms with Crippen molar-refractivity contribution in [2.24, 2.45) is 0 Å². The highest BCUT2D eigenvalue weighted by Gasteiger charge is 2.14. The Morgan fingerprint density at radius 3 is 2.69 bits per heavy atom. The lowest BCUT2D eigenvalue weighted by Gasteiger charge is -2.15. The number of rotatable bonds is 6. The normalized spacial score (nSPS) is 12.0. The lowest BCUT2D eigenvalue weighted by Crippen LogP contribution is -2.28. The van der Waals surface area contributed by atoms with Crippen LogP contribution in [0.3, 0.4) is 0 Å². The maximum absolute atomic E-state index is 12.2. The fourth-order valence-corrected chi connectivity index (χ4v) is 3.38. The van der Waals surface area contributed by atoms with Gasteiger partial charge in [0.15, 0.2) is 5.82 Å². The molecule has 0 unspecified atom stereocenters. The number of carbonyl (C=O) groups is 1. The maximum Gasteiger partial charge on any atom is 0.230 e. The average Bonchev–Trinajstić information content (AvgIpc) is 3.10. The van der Waals surface area contributed by atoms with Crippen molar-refractivity contribution in [3.8, 4) is 11.4 Å². The van der Waals surface area contributed by atoms with Crippen LogP contribution in [0.2, 0.25) is 5.02 Å². The Balaban J connectivity index is 1.55. The Hall–Kier alpha value is -2.31. The number of carbonyl (C=O) groups excluding carboxylic acids is 1. The van der Waals surface area contributed by atoms with Gasteiger partial charge in [0.25, 0.3) is 0 Å². The van der Waals surface area contributed by atoms with Gasteiger partial charge >= 0.3 is 0 Å². The molecule has 0 saturated carbocycles. The fourth-order valence-electron chi connectivity index (χ4n) is 2.47. The van der Waals surface area contributed by atoms with Gasteiger partial charge in [-0.2, -0.15) is 0 Å². The maximum atomic E-state index is 12.2. The molecule has 0 spiro atoms. The summed E-state index contributed by atoms with van der Waals surface area (Å²) in [4.78, 5) is 16.6. The molecule has 3 rings (SSSR count). The van der Waals surface area contributed by atoms with Gasteiger partial charge in [0.2, 0.25) is 11.1 Å². The number of hydrogen-bond acceptors (Lipinski definition) is 4. The number of halogens is 1. The number of aromatic nitrogens is 3. The van der Waals surface area contributed by atoms with Crippen molar-refractivity contribution in [3.05, 3.63) is 64.7 Å². The summed E-state index contributed by atoms with van der Waals surface area (Å²) in [6, 6.07) is 15.3. The Morgan fingerprint density at radius 1 is 1.23 bits per heavy atom. The molecular formula is C19H19ClN4OS. The molecule has 134 valence electrons. The second-order valence-electron chi connectivity index (χ2n) is 5.93. The van der Waals surface area contributed by atoms with E-state index < -0.39 is 0 Å². The van der Waals surface area contributed by atoms with Crippen LogP contribution in [0, 0.1) is 6.92 Å². The van der Waals surface area contributed by atoms with Crippen LogP contribution >= 0.6 is 23.4 Å². The topological polar surface area (TPSA) is 70.7 Å². The van der Waals surface area contributed by atoms with Crippen LogP contribution in [-0.2, 0) is 4.79 Å². The van der Waals surface area contributed by atoms with Crippen LogP contribution in [0.5, 0.6) is 0 Å². The first-order valence-electron chi connectivity index (χ1n) is 8.19. The molecule has 2 aromatic carbocycles. The highest BCUT2D eigenvalue weighted by atomic mass is 35.5. The van der Waals surface area contributed by atoms with E-state index in [4.69, 9.17) is 11.6 Å². The molecule has 0 aliphatic heterocycles. The first-order valence-corrected chi connectivity index (χ1v) is 9.55. The van der Waals surface area contributed by atoms with E-state index in [1.807, 2.05) is 62.4 Å². The van der Waals surface area contributed by atoms with E-state index in [-0.39, 0.29) is 17.7 Å². The highest BCUT2D eigenvalue weighted by molar-refractivity contribution is 7.99. The Morgan fingerprint density at radius 2 is 1.96 bits per heavy atom. The summed E-state index contributed by atoms with van der Waals surface area (Å²) >= 11 is 7.46. The third-order valence-electron chi connectivity index (χ3n) is 3.87. The lowest BCUT2D eigenvalue weighted by molar-refractivity contribution is -0.119. The molecule has 0 radical (unpaired) electrons. The van der Waals surface area contributed by atoms with E-state index in [2.05, 4.69) is 20.5 Å². The quantitative estimate of drug-likeness (QED) is 0.616. The lowest BCUT2D eigenvalue weighted by atomic mass is 10.1. The predicted octanol–water partition coefficient (Wildman–Crippen LogP) is 4.40. The van der Waals surface area contributed by atoms with Crippen molar-refractivity contribution >= 4 is 29.3 Å². The van der Waals surface area contributed by atoms with Crippen LogP contribution in [0.15, 0.2) is 53.7 Å². The monoisotopic (exact) mass is 386 g/mol. The summed E-state index contributed by atoms with van der Waals surface area (Å²) in [7, 11) is 0. The molecule has 2 N–H and O–H groups in total. The van der Waals surface area contributed by atoms with Crippen LogP contribution in [0.1, 0.15) is 24.1 Å². The van der Waals surface area contributed by atoms with Crippen molar-refractivity contribution in [2.45, 2.75) is 25.0 Å². The van der Waals surface area contributed by atoms with Crippen molar-refractivity contribution in [3.63, 3.8) is 0 Å². The molecule has 0 aliphatic carbocycles. The zero-order chi connectivity index (χ0) is 18.5. The second-order valence-corrected chi connectivity index (χ2v) is 7.28. The number of thioether (sulfide) groups is 1. The Kier molecular flexibility index (Phi) is 5.96. The standard InChI is InChI=1S/C19H19ClN4OS/c1-12-7-9-14(10-8-12)18-22-19(24-23-18)26-11-17(25)21-13(2)15-5-3-4-6-16(15)20/h3-10,13H,11H2,1-2H3,(H,21,25)(H,22,23,24)/t13-/m1/s1. The number of hydrogen-bond donors (Lipinski definition) is 2. The van der Waals surface area contributed by atoms with E-state index in [1.165, 1.54) is 17.3 Å². The average molecular weight is 387 g/mol. The van der Waals surface area contributed by atoms with E-state index in [1.54, 1.807) is 0 Å². The smallest absolute Gasteiger partial charge is 0.230 e. The fraction of sp³-hybridized carbons (Fsp3) is 0.211. The first-order chi connectivity index (χ1) is 12.5. The van der Waals surface area contributed by atoms with Gasteiger partial charge in [-0.25, -0.2) is 4.98 Å². The molecule has 3 aromatic rings. The molecule has 1 heterocycles. The van der Waals surface area contributed by atoms with Crippen molar-refractivity contribution in [2.75, 3.05) is 5.75 Å². The van der Waals surface area contributed by atoms with Gasteiger partial charge < -0.3 is 5.32 Å². The summed E-state index contributed by atoms with van der Waals surface area (Å²) in [5, 5.41) is 11.2. The van der Waals surface area contributed by atoms with E-state index in [9.17, 15) is 4.79 Å². The highest BCUT2D eigenvalue weighted by Crippen LogP contribution is 2.23. The molecule has 5 nitrogen and oxygen atoms in total. The number of aromatic amines is 1. The Labute approximate surface area is 161 Å². The third kappa shape index (κ3) is 4.65. The SMILES string of the molecule is Cc1ccc(-c2nc(SCC(=O)N[C@H](C)c3ccccc3Cl)n[nH]2)cc1. The van der Waals surface area contributed by atoms with Gasteiger partial charge in [-0.05, 0) is 25.5 Å². The molecule has 0 aliphatic rings. The van der Waals surface area contributed by atoms with Gasteiger partial charge in [0.05, 0.1) is 11.8 Å². The molecule has 1 atom stereocenters.